The number of nitrogens with zero attached hydrogens (tertiary/aromatic N) is 1. The molecule has 0 saturated heterocycles. The molecule has 1 rings (SSSR count). The van der Waals surface area contributed by atoms with Crippen molar-refractivity contribution >= 4 is 0 Å². The Kier molecular flexibility index (Phi) is 5.12. The first-order valence-corrected chi connectivity index (χ1v) is 5.45. The summed E-state index contributed by atoms with van der Waals surface area (Å²) >= 11 is 0. The van der Waals surface area contributed by atoms with Gasteiger partial charge in [-0.15, -0.1) is 0 Å². The Labute approximate surface area is 91.9 Å². The van der Waals surface area contributed by atoms with Crippen LogP contribution in [-0.4, -0.2) is 24.7 Å². The smallest absolute Gasteiger partial charge is 0.140 e. The Balaban J connectivity index is 2.36. The second-order valence-corrected chi connectivity index (χ2v) is 3.86. The molecule has 0 fully saturated rings. The van der Waals surface area contributed by atoms with Crippen molar-refractivity contribution in [3.05, 3.63) is 24.0 Å². The lowest BCUT2D eigenvalue weighted by atomic mass is 10.2. The normalized spacial score (nSPS) is 10.7. The summed E-state index contributed by atoms with van der Waals surface area (Å²) in [6.07, 6.45) is 3.86. The zero-order valence-electron chi connectivity index (χ0n) is 9.79. The maximum atomic E-state index is 5.24. The van der Waals surface area contributed by atoms with Gasteiger partial charge in [0.25, 0.3) is 0 Å². The molecule has 3 heteroatoms. The lowest BCUT2D eigenvalue weighted by molar-refractivity contribution is 0.405. The van der Waals surface area contributed by atoms with E-state index in [1.807, 2.05) is 18.3 Å². The lowest BCUT2D eigenvalue weighted by Crippen LogP contribution is -2.24. The van der Waals surface area contributed by atoms with Crippen LogP contribution in [0.25, 0.3) is 0 Å². The monoisotopic (exact) mass is 208 g/mol. The van der Waals surface area contributed by atoms with Crippen LogP contribution in [0.2, 0.25) is 0 Å². The van der Waals surface area contributed by atoms with Crippen molar-refractivity contribution in [1.82, 2.24) is 10.3 Å². The topological polar surface area (TPSA) is 34.1 Å². The molecule has 0 aliphatic carbocycles. The highest BCUT2D eigenvalue weighted by Crippen LogP contribution is 2.15. The maximum Gasteiger partial charge on any atom is 0.140 e. The van der Waals surface area contributed by atoms with Crippen molar-refractivity contribution in [2.24, 2.45) is 0 Å². The minimum absolute atomic E-state index is 0.552. The summed E-state index contributed by atoms with van der Waals surface area (Å²) in [5, 5.41) is 3.38. The van der Waals surface area contributed by atoms with Crippen LogP contribution in [0.5, 0.6) is 5.75 Å². The van der Waals surface area contributed by atoms with Gasteiger partial charge in [0.05, 0.1) is 12.8 Å². The van der Waals surface area contributed by atoms with Crippen LogP contribution in [0.3, 0.4) is 0 Å². The highest BCUT2D eigenvalue weighted by Gasteiger charge is 2.02. The number of aromatic nitrogens is 1. The third-order valence-corrected chi connectivity index (χ3v) is 2.21. The molecule has 1 N–H and O–H groups in total. The summed E-state index contributed by atoms with van der Waals surface area (Å²) in [4.78, 5) is 4.31. The second-order valence-electron chi connectivity index (χ2n) is 3.86. The Morgan fingerprint density at radius 3 is 2.93 bits per heavy atom. The molecule has 1 aromatic heterocycles. The lowest BCUT2D eigenvalue weighted by Gasteiger charge is -2.09. The number of nitrogens with one attached hydrogen (secondary N) is 1. The third-order valence-electron chi connectivity index (χ3n) is 2.21. The standard InChI is InChI=1S/C12H20N2O/c1-10(2)13-8-4-6-11-12(15-3)7-5-9-14-11/h5,7,9-10,13H,4,6,8H2,1-3H3. The fraction of sp³-hybridized carbons (Fsp3) is 0.583. The Bertz CT molecular complexity index is 287. The van der Waals surface area contributed by atoms with Crippen molar-refractivity contribution in [2.45, 2.75) is 32.7 Å². The van der Waals surface area contributed by atoms with E-state index >= 15 is 0 Å². The van der Waals surface area contributed by atoms with Gasteiger partial charge in [-0.2, -0.15) is 0 Å². The van der Waals surface area contributed by atoms with Gasteiger partial charge in [0.2, 0.25) is 0 Å². The molecule has 0 amide bonds. The van der Waals surface area contributed by atoms with Crippen molar-refractivity contribution in [3.8, 4) is 5.75 Å². The molecule has 0 saturated carbocycles. The van der Waals surface area contributed by atoms with E-state index in [-0.39, 0.29) is 0 Å². The number of hydrogen-bond acceptors (Lipinski definition) is 3. The minimum atomic E-state index is 0.552. The molecule has 0 atom stereocenters. The van der Waals surface area contributed by atoms with Gasteiger partial charge in [-0.3, -0.25) is 4.98 Å². The van der Waals surface area contributed by atoms with Gasteiger partial charge < -0.3 is 10.1 Å². The Morgan fingerprint density at radius 2 is 2.27 bits per heavy atom. The van der Waals surface area contributed by atoms with Crippen molar-refractivity contribution in [1.29, 1.82) is 0 Å². The molecule has 0 unspecified atom stereocenters. The van der Waals surface area contributed by atoms with Gasteiger partial charge in [0, 0.05) is 12.2 Å². The van der Waals surface area contributed by atoms with Gasteiger partial charge in [0.1, 0.15) is 5.75 Å². The molecule has 0 bridgehead atoms. The predicted octanol–water partition coefficient (Wildman–Crippen LogP) is 2.02. The molecule has 15 heavy (non-hydrogen) atoms. The van der Waals surface area contributed by atoms with Crippen LogP contribution in [0.15, 0.2) is 18.3 Å². The zero-order chi connectivity index (χ0) is 11.1. The average Bonchev–Trinajstić information content (AvgIpc) is 2.24. The molecule has 1 aromatic rings. The highest BCUT2D eigenvalue weighted by atomic mass is 16.5. The molecule has 0 radical (unpaired) electrons. The van der Waals surface area contributed by atoms with E-state index in [1.165, 1.54) is 0 Å². The molecule has 0 aromatic carbocycles. The fourth-order valence-electron chi connectivity index (χ4n) is 1.44. The van der Waals surface area contributed by atoms with E-state index in [0.29, 0.717) is 6.04 Å². The Morgan fingerprint density at radius 1 is 1.47 bits per heavy atom. The molecule has 0 aliphatic rings. The zero-order valence-corrected chi connectivity index (χ0v) is 9.79. The van der Waals surface area contributed by atoms with Crippen molar-refractivity contribution in [2.75, 3.05) is 13.7 Å². The molecular weight excluding hydrogens is 188 g/mol. The van der Waals surface area contributed by atoms with E-state index < -0.39 is 0 Å². The molecule has 0 spiro atoms. The number of pyridine rings is 1. The van der Waals surface area contributed by atoms with Gasteiger partial charge in [0.15, 0.2) is 0 Å². The number of aryl methyl sites for hydroxylation is 1. The van der Waals surface area contributed by atoms with Gasteiger partial charge in [-0.05, 0) is 31.5 Å². The first kappa shape index (κ1) is 12.0. The summed E-state index contributed by atoms with van der Waals surface area (Å²) in [6, 6.07) is 4.41. The van der Waals surface area contributed by atoms with Crippen LogP contribution < -0.4 is 10.1 Å². The number of ether oxygens (including phenoxy) is 1. The molecule has 0 aliphatic heterocycles. The van der Waals surface area contributed by atoms with Gasteiger partial charge >= 0.3 is 0 Å². The van der Waals surface area contributed by atoms with Crippen LogP contribution in [-0.2, 0) is 6.42 Å². The van der Waals surface area contributed by atoms with Crippen LogP contribution >= 0.6 is 0 Å². The number of methoxy groups -OCH3 is 1. The average molecular weight is 208 g/mol. The minimum Gasteiger partial charge on any atom is -0.495 e. The second kappa shape index (κ2) is 6.40. The van der Waals surface area contributed by atoms with E-state index in [0.717, 1.165) is 30.8 Å². The molecule has 84 valence electrons. The van der Waals surface area contributed by atoms with E-state index in [1.54, 1.807) is 7.11 Å². The summed E-state index contributed by atoms with van der Waals surface area (Å²) in [7, 11) is 1.69. The van der Waals surface area contributed by atoms with Crippen LogP contribution in [0.4, 0.5) is 0 Å². The van der Waals surface area contributed by atoms with Crippen molar-refractivity contribution in [3.63, 3.8) is 0 Å². The first-order valence-electron chi connectivity index (χ1n) is 5.45. The molecule has 3 nitrogen and oxygen atoms in total. The van der Waals surface area contributed by atoms with Crippen molar-refractivity contribution < 1.29 is 4.74 Å². The summed E-state index contributed by atoms with van der Waals surface area (Å²) in [5.41, 5.74) is 1.05. The van der Waals surface area contributed by atoms with E-state index in [4.69, 9.17) is 4.74 Å². The van der Waals surface area contributed by atoms with Gasteiger partial charge in [-0.25, -0.2) is 0 Å². The number of hydrogen-bond donors (Lipinski definition) is 1. The molecular formula is C12H20N2O. The summed E-state index contributed by atoms with van der Waals surface area (Å²) < 4.78 is 5.24. The summed E-state index contributed by atoms with van der Waals surface area (Å²) in [6.45, 7) is 5.33. The number of rotatable bonds is 6. The largest absolute Gasteiger partial charge is 0.495 e. The Hall–Kier alpha value is -1.09. The summed E-state index contributed by atoms with van der Waals surface area (Å²) in [5.74, 6) is 0.891. The molecule has 1 heterocycles. The quantitative estimate of drug-likeness (QED) is 0.726. The van der Waals surface area contributed by atoms with E-state index in [9.17, 15) is 0 Å². The highest BCUT2D eigenvalue weighted by molar-refractivity contribution is 5.26. The van der Waals surface area contributed by atoms with Crippen LogP contribution in [0, 0.1) is 0 Å². The first-order chi connectivity index (χ1) is 7.24. The van der Waals surface area contributed by atoms with Gasteiger partial charge in [-0.1, -0.05) is 13.8 Å². The van der Waals surface area contributed by atoms with Crippen LogP contribution in [0.1, 0.15) is 26.0 Å². The predicted molar refractivity (Wildman–Crippen MR) is 62.2 cm³/mol. The third kappa shape index (κ3) is 4.30. The van der Waals surface area contributed by atoms with E-state index in [2.05, 4.69) is 24.1 Å². The fourth-order valence-corrected chi connectivity index (χ4v) is 1.44. The SMILES string of the molecule is COc1cccnc1CCCNC(C)C. The maximum absolute atomic E-state index is 5.24.